The van der Waals surface area contributed by atoms with Crippen LogP contribution in [0.1, 0.15) is 25.0 Å². The minimum atomic E-state index is -0.132. The molecule has 1 aliphatic rings. The molecule has 0 amide bonds. The van der Waals surface area contributed by atoms with Crippen LogP contribution in [0.4, 0.5) is 0 Å². The average molecular weight is 698 g/mol. The molecule has 0 saturated heterocycles. The van der Waals surface area contributed by atoms with Crippen molar-refractivity contribution < 1.29 is 4.42 Å². The predicted octanol–water partition coefficient (Wildman–Crippen LogP) is 13.1. The fourth-order valence-electron chi connectivity index (χ4n) is 8.56. The number of rotatable bonds is 4. The molecule has 0 fully saturated rings. The highest BCUT2D eigenvalue weighted by Crippen LogP contribution is 2.52. The first kappa shape index (κ1) is 30.2. The average Bonchev–Trinajstić information content (AvgIpc) is 3.85. The van der Waals surface area contributed by atoms with Crippen molar-refractivity contribution in [3.05, 3.63) is 163 Å². The zero-order chi connectivity index (χ0) is 35.3. The first-order valence-electron chi connectivity index (χ1n) is 17.9. The summed E-state index contributed by atoms with van der Waals surface area (Å²) in [6.45, 7) is 4.68. The summed E-state index contributed by atoms with van der Waals surface area (Å²) in [6.07, 6.45) is 0. The summed E-state index contributed by atoms with van der Waals surface area (Å²) in [6, 6.07) is 53.5. The summed E-state index contributed by atoms with van der Waals surface area (Å²) in [5, 5.41) is 4.41. The van der Waals surface area contributed by atoms with Crippen molar-refractivity contribution >= 4 is 53.4 Å². The second-order valence-corrected chi connectivity index (χ2v) is 15.4. The van der Waals surface area contributed by atoms with Gasteiger partial charge in [0, 0.05) is 53.1 Å². The molecular formula is C48H31N3OS. The third kappa shape index (κ3) is 4.51. The Kier molecular flexibility index (Phi) is 6.43. The fraction of sp³-hybridized carbons (Fsp3) is 0.0625. The summed E-state index contributed by atoms with van der Waals surface area (Å²) in [5.41, 5.74) is 12.1. The number of thiophene rings is 1. The number of benzene rings is 7. The van der Waals surface area contributed by atoms with E-state index in [0.29, 0.717) is 17.5 Å². The third-order valence-corrected chi connectivity index (χ3v) is 12.1. The van der Waals surface area contributed by atoms with Crippen LogP contribution in [0.2, 0.25) is 0 Å². The molecule has 4 nitrogen and oxygen atoms in total. The van der Waals surface area contributed by atoms with Gasteiger partial charge in [0.2, 0.25) is 0 Å². The summed E-state index contributed by atoms with van der Waals surface area (Å²) in [7, 11) is 0. The van der Waals surface area contributed by atoms with Gasteiger partial charge in [-0.15, -0.1) is 11.3 Å². The lowest BCUT2D eigenvalue weighted by molar-refractivity contribution is 0.662. The monoisotopic (exact) mass is 697 g/mol. The van der Waals surface area contributed by atoms with Gasteiger partial charge in [0.05, 0.1) is 0 Å². The minimum Gasteiger partial charge on any atom is -0.456 e. The van der Waals surface area contributed by atoms with E-state index < -0.39 is 0 Å². The summed E-state index contributed by atoms with van der Waals surface area (Å²) in [5.74, 6) is 1.89. The molecule has 0 unspecified atom stereocenters. The Balaban J connectivity index is 1.15. The highest BCUT2D eigenvalue weighted by molar-refractivity contribution is 7.25. The van der Waals surface area contributed by atoms with Crippen molar-refractivity contribution in [2.75, 3.05) is 0 Å². The molecule has 10 aromatic rings. The van der Waals surface area contributed by atoms with Crippen LogP contribution in [0, 0.1) is 0 Å². The molecule has 0 aliphatic heterocycles. The molecule has 0 spiro atoms. The SMILES string of the molecule is CC1(C)c2ccccc2-c2cccc(-c3ccc4oc5cccc(-c6nc(-c7ccccc7)nc(-c7cccc8sc9ccccc9c78)n6)c5c4c3)c21. The second kappa shape index (κ2) is 11.3. The maximum atomic E-state index is 6.55. The van der Waals surface area contributed by atoms with Gasteiger partial charge in [-0.2, -0.15) is 0 Å². The van der Waals surface area contributed by atoms with Crippen molar-refractivity contribution in [2.45, 2.75) is 19.3 Å². The van der Waals surface area contributed by atoms with E-state index in [0.717, 1.165) is 44.2 Å². The quantitative estimate of drug-likeness (QED) is 0.184. The maximum absolute atomic E-state index is 6.55. The number of fused-ring (bicyclic) bond motifs is 9. The zero-order valence-electron chi connectivity index (χ0n) is 29.1. The van der Waals surface area contributed by atoms with Gasteiger partial charge in [-0.1, -0.05) is 135 Å². The first-order valence-corrected chi connectivity index (χ1v) is 18.8. The minimum absolute atomic E-state index is 0.132. The molecule has 5 heteroatoms. The van der Waals surface area contributed by atoms with E-state index in [1.807, 2.05) is 30.3 Å². The molecular weight excluding hydrogens is 667 g/mol. The number of hydrogen-bond donors (Lipinski definition) is 0. The van der Waals surface area contributed by atoms with Crippen LogP contribution in [0.5, 0.6) is 0 Å². The maximum Gasteiger partial charge on any atom is 0.164 e. The Morgan fingerprint density at radius 2 is 1.09 bits per heavy atom. The molecule has 7 aromatic carbocycles. The van der Waals surface area contributed by atoms with Gasteiger partial charge >= 0.3 is 0 Å². The number of furan rings is 1. The molecule has 53 heavy (non-hydrogen) atoms. The van der Waals surface area contributed by atoms with Crippen LogP contribution in [0.25, 0.3) is 98.5 Å². The van der Waals surface area contributed by atoms with Crippen molar-refractivity contribution in [1.29, 1.82) is 0 Å². The van der Waals surface area contributed by atoms with Crippen LogP contribution in [0.3, 0.4) is 0 Å². The van der Waals surface area contributed by atoms with Gasteiger partial charge < -0.3 is 4.42 Å². The van der Waals surface area contributed by atoms with E-state index in [9.17, 15) is 0 Å². The van der Waals surface area contributed by atoms with Crippen LogP contribution in [0.15, 0.2) is 156 Å². The molecule has 0 N–H and O–H groups in total. The Bertz CT molecular complexity index is 3100. The lowest BCUT2D eigenvalue weighted by atomic mass is 9.79. The Morgan fingerprint density at radius 3 is 1.96 bits per heavy atom. The molecule has 11 rings (SSSR count). The molecule has 3 heterocycles. The predicted molar refractivity (Wildman–Crippen MR) is 219 cm³/mol. The first-order chi connectivity index (χ1) is 26.0. The Morgan fingerprint density at radius 1 is 0.453 bits per heavy atom. The number of nitrogens with zero attached hydrogens (tertiary/aromatic N) is 3. The topological polar surface area (TPSA) is 51.8 Å². The second-order valence-electron chi connectivity index (χ2n) is 14.3. The standard InChI is InChI=1S/C48H31N3OS/c1-48(2)37-21-8-6-15-31(37)32-18-10-17-30(44(32)48)29-25-26-38-36(27-29)42-34(19-11-22-39(42)52-38)46-49-45(28-13-4-3-5-14-28)50-47(51-46)35-20-12-24-41-43(35)33-16-7-9-23-40(33)53-41/h3-27H,1-2H3. The van der Waals surface area contributed by atoms with Gasteiger partial charge in [-0.25, -0.2) is 15.0 Å². The Hall–Kier alpha value is -6.43. The largest absolute Gasteiger partial charge is 0.456 e. The zero-order valence-corrected chi connectivity index (χ0v) is 29.9. The molecule has 3 aromatic heterocycles. The lowest BCUT2D eigenvalue weighted by Gasteiger charge is -2.24. The van der Waals surface area contributed by atoms with Crippen molar-refractivity contribution in [2.24, 2.45) is 0 Å². The number of hydrogen-bond acceptors (Lipinski definition) is 5. The summed E-state index contributed by atoms with van der Waals surface area (Å²) < 4.78 is 9.00. The van der Waals surface area contributed by atoms with E-state index >= 15 is 0 Å². The fourth-order valence-corrected chi connectivity index (χ4v) is 9.70. The van der Waals surface area contributed by atoms with E-state index in [1.54, 1.807) is 11.3 Å². The highest BCUT2D eigenvalue weighted by Gasteiger charge is 2.37. The van der Waals surface area contributed by atoms with Crippen LogP contribution >= 0.6 is 11.3 Å². The van der Waals surface area contributed by atoms with Gasteiger partial charge in [-0.05, 0) is 63.7 Å². The van der Waals surface area contributed by atoms with Crippen LogP contribution in [-0.2, 0) is 5.41 Å². The van der Waals surface area contributed by atoms with Crippen molar-refractivity contribution in [1.82, 2.24) is 15.0 Å². The normalized spacial score (nSPS) is 13.2. The number of aromatic nitrogens is 3. The van der Waals surface area contributed by atoms with Gasteiger partial charge in [0.15, 0.2) is 17.5 Å². The molecule has 0 atom stereocenters. The van der Waals surface area contributed by atoms with E-state index in [1.165, 1.54) is 48.0 Å². The van der Waals surface area contributed by atoms with Crippen molar-refractivity contribution in [3.8, 4) is 56.4 Å². The van der Waals surface area contributed by atoms with E-state index in [-0.39, 0.29) is 5.41 Å². The summed E-state index contributed by atoms with van der Waals surface area (Å²) >= 11 is 1.80. The van der Waals surface area contributed by atoms with Crippen LogP contribution < -0.4 is 0 Å². The Labute approximate surface area is 310 Å². The highest BCUT2D eigenvalue weighted by atomic mass is 32.1. The molecule has 0 saturated carbocycles. The lowest BCUT2D eigenvalue weighted by Crippen LogP contribution is -2.16. The third-order valence-electron chi connectivity index (χ3n) is 10.9. The van der Waals surface area contributed by atoms with E-state index in [2.05, 4.69) is 135 Å². The van der Waals surface area contributed by atoms with Gasteiger partial charge in [0.25, 0.3) is 0 Å². The van der Waals surface area contributed by atoms with E-state index in [4.69, 9.17) is 19.4 Å². The summed E-state index contributed by atoms with van der Waals surface area (Å²) in [4.78, 5) is 15.6. The van der Waals surface area contributed by atoms with Crippen LogP contribution in [-0.4, -0.2) is 15.0 Å². The molecule has 250 valence electrons. The van der Waals surface area contributed by atoms with Crippen molar-refractivity contribution in [3.63, 3.8) is 0 Å². The van der Waals surface area contributed by atoms with Gasteiger partial charge in [0.1, 0.15) is 11.2 Å². The molecule has 0 radical (unpaired) electrons. The molecule has 0 bridgehead atoms. The van der Waals surface area contributed by atoms with Gasteiger partial charge in [-0.3, -0.25) is 0 Å². The molecule has 1 aliphatic carbocycles. The smallest absolute Gasteiger partial charge is 0.164 e.